The van der Waals surface area contributed by atoms with E-state index < -0.39 is 5.76 Å². The molecule has 2 rings (SSSR count). The molecule has 1 aromatic rings. The summed E-state index contributed by atoms with van der Waals surface area (Å²) in [4.78, 5) is 2.88. The number of benzene rings is 1. The van der Waals surface area contributed by atoms with Gasteiger partial charge in [-0.15, -0.1) is 0 Å². The van der Waals surface area contributed by atoms with Crippen LogP contribution in [0.25, 0.3) is 0 Å². The van der Waals surface area contributed by atoms with Crippen LogP contribution < -0.4 is 10.2 Å². The van der Waals surface area contributed by atoms with Crippen molar-refractivity contribution in [3.8, 4) is 0 Å². The van der Waals surface area contributed by atoms with E-state index in [1.54, 1.807) is 6.07 Å². The summed E-state index contributed by atoms with van der Waals surface area (Å²) in [7, 11) is 0. The molecule has 0 aliphatic carbocycles. The zero-order valence-electron chi connectivity index (χ0n) is 12.2. The molecule has 0 amide bonds. The van der Waals surface area contributed by atoms with Gasteiger partial charge in [-0.2, -0.15) is 8.78 Å². The van der Waals surface area contributed by atoms with Gasteiger partial charge in [0.2, 0.25) is 0 Å². The first-order valence-electron chi connectivity index (χ1n) is 6.90. The average Bonchev–Trinajstić information content (AvgIpc) is 2.38. The first kappa shape index (κ1) is 15.6. The first-order valence-corrected chi connectivity index (χ1v) is 7.78. The third kappa shape index (κ3) is 3.85. The Bertz CT molecular complexity index is 446. The van der Waals surface area contributed by atoms with Gasteiger partial charge in [0, 0.05) is 30.6 Å². The van der Waals surface area contributed by atoms with Crippen LogP contribution in [0.2, 0.25) is 0 Å². The maximum Gasteiger partial charge on any atom is 0.288 e. The van der Waals surface area contributed by atoms with Crippen LogP contribution in [-0.4, -0.2) is 31.4 Å². The van der Waals surface area contributed by atoms with Gasteiger partial charge < -0.3 is 10.2 Å². The maximum atomic E-state index is 12.7. The molecule has 1 heterocycles. The molecule has 0 aromatic heterocycles. The van der Waals surface area contributed by atoms with Crippen molar-refractivity contribution in [3.63, 3.8) is 0 Å². The molecular weight excluding hydrogens is 278 g/mol. The summed E-state index contributed by atoms with van der Waals surface area (Å²) in [6.45, 7) is 9.20. The number of anilines is 1. The smallest absolute Gasteiger partial charge is 0.288 e. The summed E-state index contributed by atoms with van der Waals surface area (Å²) in [5.74, 6) is -2.38. The Hall–Kier alpha value is -0.810. The summed E-state index contributed by atoms with van der Waals surface area (Å²) in [6, 6.07) is 7.81. The van der Waals surface area contributed by atoms with E-state index in [2.05, 4.69) is 31.0 Å². The molecule has 1 fully saturated rings. The second-order valence-corrected chi connectivity index (χ2v) is 7.20. The molecule has 0 bridgehead atoms. The Balaban J connectivity index is 2.18. The maximum absolute atomic E-state index is 12.7. The molecule has 0 radical (unpaired) electrons. The lowest BCUT2D eigenvalue weighted by Crippen LogP contribution is -2.56. The topological polar surface area (TPSA) is 15.3 Å². The highest BCUT2D eigenvalue weighted by atomic mass is 32.2. The number of piperazine rings is 1. The molecular formula is C15H22F2N2S. The van der Waals surface area contributed by atoms with Gasteiger partial charge in [0.15, 0.2) is 0 Å². The monoisotopic (exact) mass is 300 g/mol. The van der Waals surface area contributed by atoms with Crippen LogP contribution in [0, 0.1) is 5.41 Å². The Morgan fingerprint density at radius 3 is 2.65 bits per heavy atom. The van der Waals surface area contributed by atoms with E-state index in [0.29, 0.717) is 22.7 Å². The molecule has 2 nitrogen and oxygen atoms in total. The highest BCUT2D eigenvalue weighted by Crippen LogP contribution is 2.35. The third-order valence-corrected chi connectivity index (χ3v) is 4.42. The minimum atomic E-state index is -2.38. The van der Waals surface area contributed by atoms with E-state index in [4.69, 9.17) is 0 Å². The van der Waals surface area contributed by atoms with Crippen LogP contribution in [-0.2, 0) is 0 Å². The summed E-state index contributed by atoms with van der Waals surface area (Å²) in [5.41, 5.74) is 1.08. The van der Waals surface area contributed by atoms with Crippen molar-refractivity contribution in [1.29, 1.82) is 0 Å². The van der Waals surface area contributed by atoms with Crippen molar-refractivity contribution < 1.29 is 8.78 Å². The fraction of sp³-hybridized carbons (Fsp3) is 0.600. The van der Waals surface area contributed by atoms with E-state index in [1.165, 1.54) is 0 Å². The Labute approximate surface area is 123 Å². The second kappa shape index (κ2) is 6.31. The Morgan fingerprint density at radius 2 is 2.00 bits per heavy atom. The van der Waals surface area contributed by atoms with Crippen LogP contribution in [0.15, 0.2) is 29.2 Å². The molecule has 112 valence electrons. The van der Waals surface area contributed by atoms with Crippen LogP contribution in [0.1, 0.15) is 20.8 Å². The lowest BCUT2D eigenvalue weighted by molar-refractivity contribution is 0.251. The predicted molar refractivity (Wildman–Crippen MR) is 81.8 cm³/mol. The number of hydrogen-bond donors (Lipinski definition) is 1. The van der Waals surface area contributed by atoms with E-state index in [-0.39, 0.29) is 5.41 Å². The van der Waals surface area contributed by atoms with Gasteiger partial charge in [-0.05, 0) is 17.5 Å². The summed E-state index contributed by atoms with van der Waals surface area (Å²) >= 11 is 0.632. The number of nitrogens with zero attached hydrogens (tertiary/aromatic N) is 1. The van der Waals surface area contributed by atoms with E-state index in [0.717, 1.165) is 25.3 Å². The lowest BCUT2D eigenvalue weighted by atomic mass is 9.85. The molecule has 20 heavy (non-hydrogen) atoms. The summed E-state index contributed by atoms with van der Waals surface area (Å²) in [5, 5.41) is 3.52. The van der Waals surface area contributed by atoms with Gasteiger partial charge in [-0.3, -0.25) is 0 Å². The van der Waals surface area contributed by atoms with E-state index in [1.807, 2.05) is 18.2 Å². The number of halogens is 2. The molecule has 1 unspecified atom stereocenters. The first-order chi connectivity index (χ1) is 9.38. The second-order valence-electron chi connectivity index (χ2n) is 6.16. The zero-order valence-corrected chi connectivity index (χ0v) is 13.0. The van der Waals surface area contributed by atoms with Crippen LogP contribution in [0.5, 0.6) is 0 Å². The Kier molecular flexibility index (Phi) is 4.91. The van der Waals surface area contributed by atoms with Gasteiger partial charge in [0.25, 0.3) is 5.76 Å². The molecule has 1 aliphatic heterocycles. The minimum absolute atomic E-state index is 0.156. The van der Waals surface area contributed by atoms with Crippen molar-refractivity contribution in [2.45, 2.75) is 37.5 Å². The third-order valence-electron chi connectivity index (χ3n) is 3.64. The van der Waals surface area contributed by atoms with E-state index in [9.17, 15) is 8.78 Å². The summed E-state index contributed by atoms with van der Waals surface area (Å²) < 4.78 is 25.3. The molecule has 1 N–H and O–H groups in total. The van der Waals surface area contributed by atoms with Crippen LogP contribution in [0.4, 0.5) is 14.5 Å². The number of rotatable bonds is 3. The standard InChI is InChI=1S/C15H22F2N2S/c1-15(2,3)13-10-19(9-8-18-13)11-6-4-5-7-12(11)20-14(16)17/h4-7,13-14,18H,8-10H2,1-3H3. The van der Waals surface area contributed by atoms with Gasteiger partial charge in [0.1, 0.15) is 0 Å². The van der Waals surface area contributed by atoms with Crippen LogP contribution >= 0.6 is 11.8 Å². The average molecular weight is 300 g/mol. The normalized spacial score (nSPS) is 20.5. The highest BCUT2D eigenvalue weighted by molar-refractivity contribution is 7.99. The molecule has 1 saturated heterocycles. The van der Waals surface area contributed by atoms with E-state index >= 15 is 0 Å². The van der Waals surface area contributed by atoms with Gasteiger partial charge >= 0.3 is 0 Å². The van der Waals surface area contributed by atoms with Crippen molar-refractivity contribution >= 4 is 17.4 Å². The SMILES string of the molecule is CC(C)(C)C1CN(c2ccccc2SC(F)F)CCN1. The van der Waals surface area contributed by atoms with Crippen molar-refractivity contribution in [3.05, 3.63) is 24.3 Å². The number of para-hydroxylation sites is 1. The zero-order chi connectivity index (χ0) is 14.8. The minimum Gasteiger partial charge on any atom is -0.368 e. The van der Waals surface area contributed by atoms with Gasteiger partial charge in [-0.25, -0.2) is 0 Å². The van der Waals surface area contributed by atoms with Gasteiger partial charge in [-0.1, -0.05) is 44.7 Å². The summed E-state index contributed by atoms with van der Waals surface area (Å²) in [6.07, 6.45) is 0. The van der Waals surface area contributed by atoms with Crippen molar-refractivity contribution in [1.82, 2.24) is 5.32 Å². The molecule has 0 saturated carbocycles. The van der Waals surface area contributed by atoms with Gasteiger partial charge in [0.05, 0.1) is 5.69 Å². The van der Waals surface area contributed by atoms with Crippen molar-refractivity contribution in [2.75, 3.05) is 24.5 Å². The molecule has 1 atom stereocenters. The fourth-order valence-electron chi connectivity index (χ4n) is 2.46. The number of nitrogens with one attached hydrogen (secondary N) is 1. The lowest BCUT2D eigenvalue weighted by Gasteiger charge is -2.42. The number of thioether (sulfide) groups is 1. The molecule has 0 spiro atoms. The van der Waals surface area contributed by atoms with Crippen LogP contribution in [0.3, 0.4) is 0 Å². The predicted octanol–water partition coefficient (Wildman–Crippen LogP) is 3.83. The fourth-order valence-corrected chi connectivity index (χ4v) is 3.13. The quantitative estimate of drug-likeness (QED) is 0.854. The highest BCUT2D eigenvalue weighted by Gasteiger charge is 2.30. The van der Waals surface area contributed by atoms with Crippen molar-refractivity contribution in [2.24, 2.45) is 5.41 Å². The largest absolute Gasteiger partial charge is 0.368 e. The number of alkyl halides is 2. The molecule has 1 aliphatic rings. The molecule has 1 aromatic carbocycles. The number of hydrogen-bond acceptors (Lipinski definition) is 3. The molecule has 5 heteroatoms. The Morgan fingerprint density at radius 1 is 1.30 bits per heavy atom.